The Morgan fingerprint density at radius 3 is 2.28 bits per heavy atom. The van der Waals surface area contributed by atoms with Gasteiger partial charge in [0.2, 0.25) is 5.91 Å². The van der Waals surface area contributed by atoms with Gasteiger partial charge in [-0.3, -0.25) is 4.79 Å². The molecule has 2 aromatic carbocycles. The molecule has 1 N–H and O–H groups in total. The molecule has 1 saturated heterocycles. The van der Waals surface area contributed by atoms with Crippen molar-refractivity contribution in [1.29, 1.82) is 0 Å². The van der Waals surface area contributed by atoms with Crippen LogP contribution in [0.3, 0.4) is 0 Å². The lowest BCUT2D eigenvalue weighted by Gasteiger charge is -2.39. The third-order valence-corrected chi connectivity index (χ3v) is 5.41. The molecule has 1 amide bonds. The Balaban J connectivity index is 1.74. The van der Waals surface area contributed by atoms with Crippen molar-refractivity contribution in [3.63, 3.8) is 0 Å². The van der Waals surface area contributed by atoms with E-state index in [9.17, 15) is 9.59 Å². The van der Waals surface area contributed by atoms with E-state index < -0.39 is 11.4 Å². The zero-order valence-electron chi connectivity index (χ0n) is 16.9. The van der Waals surface area contributed by atoms with Gasteiger partial charge in [-0.2, -0.15) is 0 Å². The number of likely N-dealkylation sites (N-methyl/N-ethyl adjacent to an activating group) is 1. The second-order valence-electron chi connectivity index (χ2n) is 7.55. The maximum atomic E-state index is 13.5. The number of benzene rings is 2. The van der Waals surface area contributed by atoms with Crippen molar-refractivity contribution in [3.8, 4) is 5.75 Å². The number of nitrogens with zero attached hydrogens (tertiary/aromatic N) is 1. The van der Waals surface area contributed by atoms with Crippen LogP contribution in [0.2, 0.25) is 0 Å². The Labute approximate surface area is 171 Å². The van der Waals surface area contributed by atoms with Gasteiger partial charge in [-0.1, -0.05) is 42.0 Å². The minimum Gasteiger partial charge on any atom is -0.482 e. The smallest absolute Gasteiger partial charge is 0.341 e. The topological polar surface area (TPSA) is 76.1 Å². The predicted octanol–water partition coefficient (Wildman–Crippen LogP) is 3.17. The van der Waals surface area contributed by atoms with Gasteiger partial charge in [0, 0.05) is 26.8 Å². The molecule has 1 aliphatic rings. The van der Waals surface area contributed by atoms with Crippen LogP contribution in [0.15, 0.2) is 48.5 Å². The molecule has 1 fully saturated rings. The summed E-state index contributed by atoms with van der Waals surface area (Å²) >= 11 is 0. The summed E-state index contributed by atoms with van der Waals surface area (Å²) in [4.78, 5) is 25.9. The largest absolute Gasteiger partial charge is 0.482 e. The maximum absolute atomic E-state index is 13.5. The van der Waals surface area contributed by atoms with Crippen LogP contribution in [-0.4, -0.2) is 48.8 Å². The first kappa shape index (κ1) is 20.9. The van der Waals surface area contributed by atoms with Crippen molar-refractivity contribution in [3.05, 3.63) is 65.2 Å². The fourth-order valence-corrected chi connectivity index (χ4v) is 3.77. The van der Waals surface area contributed by atoms with Crippen molar-refractivity contribution in [2.45, 2.75) is 31.7 Å². The van der Waals surface area contributed by atoms with Crippen molar-refractivity contribution >= 4 is 11.9 Å². The van der Waals surface area contributed by atoms with Crippen molar-refractivity contribution < 1.29 is 24.2 Å². The van der Waals surface area contributed by atoms with E-state index in [-0.39, 0.29) is 12.5 Å². The van der Waals surface area contributed by atoms with Gasteiger partial charge in [-0.25, -0.2) is 4.79 Å². The number of carbonyl (C=O) groups excluding carboxylic acids is 1. The Hall–Kier alpha value is -2.86. The zero-order chi connectivity index (χ0) is 20.9. The molecule has 0 bridgehead atoms. The van der Waals surface area contributed by atoms with E-state index in [4.69, 9.17) is 14.6 Å². The highest BCUT2D eigenvalue weighted by molar-refractivity contribution is 5.88. The van der Waals surface area contributed by atoms with E-state index in [1.54, 1.807) is 17.0 Å². The summed E-state index contributed by atoms with van der Waals surface area (Å²) < 4.78 is 10.7. The summed E-state index contributed by atoms with van der Waals surface area (Å²) in [5.41, 5.74) is 2.60. The van der Waals surface area contributed by atoms with Gasteiger partial charge in [0.15, 0.2) is 6.61 Å². The molecular formula is C23H27NO5. The number of ether oxygens (including phenoxy) is 2. The lowest BCUT2D eigenvalue weighted by molar-refractivity contribution is -0.141. The monoisotopic (exact) mass is 397 g/mol. The first-order chi connectivity index (χ1) is 13.9. The van der Waals surface area contributed by atoms with Crippen LogP contribution in [0, 0.1) is 6.92 Å². The van der Waals surface area contributed by atoms with Crippen LogP contribution in [0.1, 0.15) is 29.5 Å². The minimum atomic E-state index is -1.02. The van der Waals surface area contributed by atoms with Crippen molar-refractivity contribution in [2.24, 2.45) is 0 Å². The first-order valence-corrected chi connectivity index (χ1v) is 9.75. The molecule has 6 nitrogen and oxygen atoms in total. The van der Waals surface area contributed by atoms with Gasteiger partial charge in [-0.05, 0) is 43.0 Å². The summed E-state index contributed by atoms with van der Waals surface area (Å²) in [6.45, 7) is 3.27. The number of carbonyl (C=O) groups is 2. The molecule has 0 spiro atoms. The molecule has 0 aromatic heterocycles. The van der Waals surface area contributed by atoms with Crippen molar-refractivity contribution in [1.82, 2.24) is 4.90 Å². The summed E-state index contributed by atoms with van der Waals surface area (Å²) in [6.07, 6.45) is 1.34. The SMILES string of the molecule is Cc1ccc(C2(C(=O)N(C)Cc3ccc(OCC(=O)O)cc3)CCOCC2)cc1. The Morgan fingerprint density at radius 1 is 1.07 bits per heavy atom. The van der Waals surface area contributed by atoms with E-state index in [2.05, 4.69) is 24.3 Å². The second-order valence-corrected chi connectivity index (χ2v) is 7.55. The van der Waals surface area contributed by atoms with Gasteiger partial charge in [0.25, 0.3) is 0 Å². The van der Waals surface area contributed by atoms with Gasteiger partial charge in [0.1, 0.15) is 5.75 Å². The lowest BCUT2D eigenvalue weighted by atomic mass is 9.73. The van der Waals surface area contributed by atoms with Gasteiger partial charge >= 0.3 is 5.97 Å². The van der Waals surface area contributed by atoms with Gasteiger partial charge in [-0.15, -0.1) is 0 Å². The molecular weight excluding hydrogens is 370 g/mol. The van der Waals surface area contributed by atoms with Gasteiger partial charge in [0.05, 0.1) is 5.41 Å². The van der Waals surface area contributed by atoms with Crippen LogP contribution in [0.25, 0.3) is 0 Å². The fraction of sp³-hybridized carbons (Fsp3) is 0.391. The van der Waals surface area contributed by atoms with Crippen LogP contribution in [0.4, 0.5) is 0 Å². The van der Waals surface area contributed by atoms with Crippen molar-refractivity contribution in [2.75, 3.05) is 26.9 Å². The molecule has 6 heteroatoms. The van der Waals surface area contributed by atoms with Crippen LogP contribution in [0.5, 0.6) is 5.75 Å². The molecule has 0 radical (unpaired) electrons. The number of rotatable bonds is 7. The Bertz CT molecular complexity index is 839. The minimum absolute atomic E-state index is 0.0934. The van der Waals surface area contributed by atoms with Gasteiger partial charge < -0.3 is 19.5 Å². The molecule has 2 aromatic rings. The van der Waals surface area contributed by atoms with E-state index in [0.29, 0.717) is 38.3 Å². The molecule has 0 saturated carbocycles. The number of hydrogen-bond donors (Lipinski definition) is 1. The van der Waals surface area contributed by atoms with E-state index >= 15 is 0 Å². The first-order valence-electron chi connectivity index (χ1n) is 9.75. The number of amides is 1. The highest BCUT2D eigenvalue weighted by Crippen LogP contribution is 2.37. The number of aliphatic carboxylic acids is 1. The fourth-order valence-electron chi connectivity index (χ4n) is 3.77. The summed E-state index contributed by atoms with van der Waals surface area (Å²) in [5.74, 6) is -0.432. The third kappa shape index (κ3) is 4.95. The highest BCUT2D eigenvalue weighted by atomic mass is 16.5. The summed E-state index contributed by atoms with van der Waals surface area (Å²) in [5, 5.41) is 8.69. The van der Waals surface area contributed by atoms with E-state index in [1.807, 2.05) is 26.1 Å². The second kappa shape index (κ2) is 9.09. The lowest BCUT2D eigenvalue weighted by Crippen LogP contribution is -2.48. The van der Waals surface area contributed by atoms with Crippen LogP contribution < -0.4 is 4.74 Å². The number of carboxylic acid groups (broad SMARTS) is 1. The Morgan fingerprint density at radius 2 is 1.69 bits per heavy atom. The molecule has 1 heterocycles. The average molecular weight is 397 g/mol. The molecule has 1 aliphatic heterocycles. The standard InChI is InChI=1S/C23H27NO5/c1-17-3-7-19(8-4-17)23(11-13-28-14-12-23)22(27)24(2)15-18-5-9-20(10-6-18)29-16-21(25)26/h3-10H,11-16H2,1-2H3,(H,25,26). The molecule has 0 atom stereocenters. The number of carboxylic acids is 1. The molecule has 3 rings (SSSR count). The summed E-state index contributed by atoms with van der Waals surface area (Å²) in [7, 11) is 1.82. The zero-order valence-corrected chi connectivity index (χ0v) is 16.9. The summed E-state index contributed by atoms with van der Waals surface area (Å²) in [6, 6.07) is 15.4. The molecule has 29 heavy (non-hydrogen) atoms. The maximum Gasteiger partial charge on any atom is 0.341 e. The molecule has 0 unspecified atom stereocenters. The van der Waals surface area contributed by atoms with E-state index in [0.717, 1.165) is 11.1 Å². The van der Waals surface area contributed by atoms with Crippen LogP contribution >= 0.6 is 0 Å². The Kier molecular flexibility index (Phi) is 6.54. The quantitative estimate of drug-likeness (QED) is 0.777. The normalized spacial score (nSPS) is 15.5. The molecule has 0 aliphatic carbocycles. The third-order valence-electron chi connectivity index (χ3n) is 5.41. The number of hydrogen-bond acceptors (Lipinski definition) is 4. The predicted molar refractivity (Wildman–Crippen MR) is 109 cm³/mol. The highest BCUT2D eigenvalue weighted by Gasteiger charge is 2.43. The van der Waals surface area contributed by atoms with E-state index in [1.165, 1.54) is 5.56 Å². The van der Waals surface area contributed by atoms with Crippen LogP contribution in [-0.2, 0) is 26.3 Å². The number of aryl methyl sites for hydroxylation is 1. The average Bonchev–Trinajstić information content (AvgIpc) is 2.73. The molecule has 154 valence electrons.